The minimum atomic E-state index is -0.473. The van der Waals surface area contributed by atoms with Gasteiger partial charge in [0.15, 0.2) is 0 Å². The van der Waals surface area contributed by atoms with Crippen LogP contribution in [0.3, 0.4) is 0 Å². The van der Waals surface area contributed by atoms with Gasteiger partial charge in [-0.05, 0) is 30.7 Å². The zero-order valence-electron chi connectivity index (χ0n) is 8.13. The molecule has 1 aromatic carbocycles. The number of hydrogen-bond donors (Lipinski definition) is 0. The van der Waals surface area contributed by atoms with Crippen LogP contribution in [0.4, 0.5) is 0 Å². The SMILES string of the molecule is CC(=O)CC(C#N)c1cc(Cl)cc(Cl)c1. The Labute approximate surface area is 98.4 Å². The zero-order chi connectivity index (χ0) is 11.4. The van der Waals surface area contributed by atoms with Gasteiger partial charge in [-0.15, -0.1) is 0 Å². The fraction of sp³-hybridized carbons (Fsp3) is 0.273. The van der Waals surface area contributed by atoms with Crippen LogP contribution in [-0.2, 0) is 4.79 Å². The van der Waals surface area contributed by atoms with Crippen molar-refractivity contribution in [1.29, 1.82) is 5.26 Å². The largest absolute Gasteiger partial charge is 0.300 e. The van der Waals surface area contributed by atoms with Crippen molar-refractivity contribution in [1.82, 2.24) is 0 Å². The molecule has 1 atom stereocenters. The standard InChI is InChI=1S/C11H9Cl2NO/c1-7(15)2-9(6-14)8-3-10(12)5-11(13)4-8/h3-5,9H,2H2,1H3. The van der Waals surface area contributed by atoms with Crippen LogP contribution in [0.5, 0.6) is 0 Å². The van der Waals surface area contributed by atoms with Crippen molar-refractivity contribution in [2.24, 2.45) is 0 Å². The minimum absolute atomic E-state index is 0.0300. The average molecular weight is 242 g/mol. The normalized spacial score (nSPS) is 11.9. The van der Waals surface area contributed by atoms with Crippen molar-refractivity contribution in [2.75, 3.05) is 0 Å². The number of benzene rings is 1. The molecule has 0 aliphatic rings. The minimum Gasteiger partial charge on any atom is -0.300 e. The Morgan fingerprint density at radius 2 is 1.93 bits per heavy atom. The molecule has 0 fully saturated rings. The predicted octanol–water partition coefficient (Wildman–Crippen LogP) is 3.58. The van der Waals surface area contributed by atoms with Crippen LogP contribution in [0, 0.1) is 11.3 Å². The van der Waals surface area contributed by atoms with E-state index in [2.05, 4.69) is 6.07 Å². The smallest absolute Gasteiger partial charge is 0.131 e. The van der Waals surface area contributed by atoms with E-state index < -0.39 is 5.92 Å². The first-order chi connectivity index (χ1) is 7.02. The second-order valence-corrected chi connectivity index (χ2v) is 4.16. The maximum absolute atomic E-state index is 10.9. The molecule has 0 N–H and O–H groups in total. The van der Waals surface area contributed by atoms with Gasteiger partial charge in [-0.2, -0.15) is 5.26 Å². The summed E-state index contributed by atoms with van der Waals surface area (Å²) in [6.45, 7) is 1.45. The van der Waals surface area contributed by atoms with Gasteiger partial charge in [0, 0.05) is 16.5 Å². The molecular weight excluding hydrogens is 233 g/mol. The van der Waals surface area contributed by atoms with Gasteiger partial charge in [-0.3, -0.25) is 4.79 Å². The second kappa shape index (κ2) is 5.16. The summed E-state index contributed by atoms with van der Waals surface area (Å²) < 4.78 is 0. The van der Waals surface area contributed by atoms with Crippen molar-refractivity contribution in [3.63, 3.8) is 0 Å². The third-order valence-corrected chi connectivity index (χ3v) is 2.37. The molecule has 0 aromatic heterocycles. The third-order valence-electron chi connectivity index (χ3n) is 1.93. The van der Waals surface area contributed by atoms with Crippen LogP contribution in [0.15, 0.2) is 18.2 Å². The van der Waals surface area contributed by atoms with Gasteiger partial charge in [0.1, 0.15) is 5.78 Å². The molecule has 1 aromatic rings. The highest BCUT2D eigenvalue weighted by atomic mass is 35.5. The van der Waals surface area contributed by atoms with Gasteiger partial charge in [-0.1, -0.05) is 23.2 Å². The fourth-order valence-electron chi connectivity index (χ4n) is 1.30. The molecule has 0 spiro atoms. The lowest BCUT2D eigenvalue weighted by atomic mass is 9.96. The van der Waals surface area contributed by atoms with Gasteiger partial charge in [0.2, 0.25) is 0 Å². The van der Waals surface area contributed by atoms with E-state index in [9.17, 15) is 4.79 Å². The van der Waals surface area contributed by atoms with Crippen molar-refractivity contribution in [2.45, 2.75) is 19.3 Å². The summed E-state index contributed by atoms with van der Waals surface area (Å²) in [6.07, 6.45) is 0.188. The van der Waals surface area contributed by atoms with E-state index in [1.807, 2.05) is 0 Å². The number of hydrogen-bond acceptors (Lipinski definition) is 2. The summed E-state index contributed by atoms with van der Waals surface area (Å²) in [4.78, 5) is 10.9. The summed E-state index contributed by atoms with van der Waals surface area (Å²) >= 11 is 11.6. The van der Waals surface area contributed by atoms with E-state index in [1.165, 1.54) is 6.92 Å². The number of nitriles is 1. The summed E-state index contributed by atoms with van der Waals surface area (Å²) in [5.74, 6) is -0.503. The Bertz CT molecular complexity index is 403. The summed E-state index contributed by atoms with van der Waals surface area (Å²) in [5.41, 5.74) is 0.685. The highest BCUT2D eigenvalue weighted by Gasteiger charge is 2.14. The van der Waals surface area contributed by atoms with Gasteiger partial charge in [0.05, 0.1) is 12.0 Å². The van der Waals surface area contributed by atoms with Gasteiger partial charge in [0.25, 0.3) is 0 Å². The van der Waals surface area contributed by atoms with Crippen LogP contribution in [0.2, 0.25) is 10.0 Å². The van der Waals surface area contributed by atoms with E-state index in [-0.39, 0.29) is 12.2 Å². The van der Waals surface area contributed by atoms with Crippen molar-refractivity contribution < 1.29 is 4.79 Å². The molecule has 0 aliphatic heterocycles. The highest BCUT2D eigenvalue weighted by Crippen LogP contribution is 2.26. The van der Waals surface area contributed by atoms with Crippen LogP contribution in [0.25, 0.3) is 0 Å². The maximum Gasteiger partial charge on any atom is 0.131 e. The monoisotopic (exact) mass is 241 g/mol. The average Bonchev–Trinajstić information content (AvgIpc) is 2.12. The van der Waals surface area contributed by atoms with E-state index in [0.29, 0.717) is 15.6 Å². The van der Waals surface area contributed by atoms with Crippen molar-refractivity contribution >= 4 is 29.0 Å². The molecule has 2 nitrogen and oxygen atoms in total. The number of rotatable bonds is 3. The molecular formula is C11H9Cl2NO. The zero-order valence-corrected chi connectivity index (χ0v) is 9.64. The van der Waals surface area contributed by atoms with Gasteiger partial charge in [-0.25, -0.2) is 0 Å². The number of nitrogens with zero attached hydrogens (tertiary/aromatic N) is 1. The Balaban J connectivity index is 3.02. The Hall–Kier alpha value is -1.04. The van der Waals surface area contributed by atoms with Crippen LogP contribution in [0.1, 0.15) is 24.8 Å². The first-order valence-corrected chi connectivity index (χ1v) is 5.13. The molecule has 78 valence electrons. The highest BCUT2D eigenvalue weighted by molar-refractivity contribution is 6.34. The molecule has 0 bridgehead atoms. The molecule has 0 radical (unpaired) electrons. The molecule has 0 saturated heterocycles. The predicted molar refractivity (Wildman–Crippen MR) is 60.1 cm³/mol. The number of halogens is 2. The second-order valence-electron chi connectivity index (χ2n) is 3.29. The van der Waals surface area contributed by atoms with E-state index in [1.54, 1.807) is 18.2 Å². The topological polar surface area (TPSA) is 40.9 Å². The summed E-state index contributed by atoms with van der Waals surface area (Å²) in [7, 11) is 0. The first kappa shape index (κ1) is 12.0. The molecule has 1 rings (SSSR count). The Morgan fingerprint density at radius 3 is 2.33 bits per heavy atom. The lowest BCUT2D eigenvalue weighted by Crippen LogP contribution is -2.02. The molecule has 1 unspecified atom stereocenters. The van der Waals surface area contributed by atoms with E-state index in [0.717, 1.165) is 0 Å². The number of carbonyl (C=O) groups is 1. The number of Topliss-reactive ketones (excluding diaryl/α,β-unsaturated/α-hetero) is 1. The number of ketones is 1. The Kier molecular flexibility index (Phi) is 4.14. The van der Waals surface area contributed by atoms with Gasteiger partial charge >= 0.3 is 0 Å². The molecule has 0 amide bonds. The lowest BCUT2D eigenvalue weighted by Gasteiger charge is -2.08. The summed E-state index contributed by atoms with van der Waals surface area (Å²) in [5, 5.41) is 9.87. The van der Waals surface area contributed by atoms with Crippen LogP contribution >= 0.6 is 23.2 Å². The van der Waals surface area contributed by atoms with Crippen molar-refractivity contribution in [3.8, 4) is 6.07 Å². The fourth-order valence-corrected chi connectivity index (χ4v) is 1.84. The van der Waals surface area contributed by atoms with Crippen LogP contribution in [-0.4, -0.2) is 5.78 Å². The molecule has 0 saturated carbocycles. The summed E-state index contributed by atoms with van der Waals surface area (Å²) in [6, 6.07) is 6.97. The Morgan fingerprint density at radius 1 is 1.40 bits per heavy atom. The van der Waals surface area contributed by atoms with E-state index in [4.69, 9.17) is 28.5 Å². The third kappa shape index (κ3) is 3.54. The molecule has 0 aliphatic carbocycles. The first-order valence-electron chi connectivity index (χ1n) is 4.38. The maximum atomic E-state index is 10.9. The quantitative estimate of drug-likeness (QED) is 0.812. The van der Waals surface area contributed by atoms with Crippen molar-refractivity contribution in [3.05, 3.63) is 33.8 Å². The molecule has 4 heteroatoms. The van der Waals surface area contributed by atoms with E-state index >= 15 is 0 Å². The van der Waals surface area contributed by atoms with Crippen LogP contribution < -0.4 is 0 Å². The van der Waals surface area contributed by atoms with Gasteiger partial charge < -0.3 is 0 Å². The lowest BCUT2D eigenvalue weighted by molar-refractivity contribution is -0.117. The number of carbonyl (C=O) groups excluding carboxylic acids is 1. The molecule has 0 heterocycles. The molecule has 15 heavy (non-hydrogen) atoms.